The Kier molecular flexibility index (Phi) is 7.56. The maximum Gasteiger partial charge on any atom is 0.343 e. The van der Waals surface area contributed by atoms with Gasteiger partial charge in [0.05, 0.1) is 19.4 Å². The second-order valence-corrected chi connectivity index (χ2v) is 5.48. The van der Waals surface area contributed by atoms with Crippen molar-refractivity contribution < 1.29 is 28.6 Å². The minimum absolute atomic E-state index is 0.0323. The van der Waals surface area contributed by atoms with Crippen molar-refractivity contribution in [3.8, 4) is 5.75 Å². The number of esters is 1. The lowest BCUT2D eigenvalue weighted by atomic mass is 10.2. The summed E-state index contributed by atoms with van der Waals surface area (Å²) in [6.45, 7) is 0.813. The van der Waals surface area contributed by atoms with Gasteiger partial charge < -0.3 is 19.5 Å². The summed E-state index contributed by atoms with van der Waals surface area (Å²) >= 11 is 0. The van der Waals surface area contributed by atoms with Gasteiger partial charge in [0.15, 0.2) is 6.61 Å². The Morgan fingerprint density at radius 2 is 2.04 bits per heavy atom. The van der Waals surface area contributed by atoms with Gasteiger partial charge in [-0.2, -0.15) is 5.10 Å². The normalized spacial score (nSPS) is 16.3. The molecule has 1 saturated heterocycles. The molecule has 1 heterocycles. The monoisotopic (exact) mass is 363 g/mol. The maximum atomic E-state index is 11.6. The van der Waals surface area contributed by atoms with Gasteiger partial charge >= 0.3 is 17.8 Å². The quantitative estimate of drug-likeness (QED) is 0.305. The molecule has 1 aliphatic rings. The summed E-state index contributed by atoms with van der Waals surface area (Å²) in [5, 5.41) is 6.23. The average molecular weight is 363 g/mol. The molecular weight excluding hydrogens is 342 g/mol. The highest BCUT2D eigenvalue weighted by atomic mass is 16.6. The summed E-state index contributed by atoms with van der Waals surface area (Å²) < 4.78 is 15.0. The van der Waals surface area contributed by atoms with Gasteiger partial charge in [0.1, 0.15) is 5.75 Å². The third kappa shape index (κ3) is 6.52. The smallest absolute Gasteiger partial charge is 0.343 e. The molecule has 0 spiro atoms. The lowest BCUT2D eigenvalue weighted by Crippen LogP contribution is -2.41. The summed E-state index contributed by atoms with van der Waals surface area (Å²) in [6.07, 6.45) is 3.19. The van der Waals surface area contributed by atoms with E-state index in [1.54, 1.807) is 24.3 Å². The average Bonchev–Trinajstić information content (AvgIpc) is 3.18. The SMILES string of the molecule is COC(=O)COc1ccc(/C=N\NC(=O)C(=O)NC[C@H]2CCCO2)cc1. The van der Waals surface area contributed by atoms with Crippen molar-refractivity contribution in [1.29, 1.82) is 0 Å². The number of rotatable bonds is 7. The van der Waals surface area contributed by atoms with Crippen molar-refractivity contribution in [3.05, 3.63) is 29.8 Å². The Bertz CT molecular complexity index is 653. The van der Waals surface area contributed by atoms with Gasteiger partial charge in [-0.15, -0.1) is 0 Å². The van der Waals surface area contributed by atoms with Gasteiger partial charge in [-0.3, -0.25) is 9.59 Å². The molecule has 9 nitrogen and oxygen atoms in total. The molecule has 26 heavy (non-hydrogen) atoms. The zero-order valence-corrected chi connectivity index (χ0v) is 14.4. The third-order valence-corrected chi connectivity index (χ3v) is 3.56. The molecule has 1 aromatic carbocycles. The number of hydrogen-bond donors (Lipinski definition) is 2. The predicted molar refractivity (Wildman–Crippen MR) is 91.7 cm³/mol. The fourth-order valence-electron chi connectivity index (χ4n) is 2.16. The lowest BCUT2D eigenvalue weighted by molar-refractivity contribution is -0.142. The van der Waals surface area contributed by atoms with Crippen LogP contribution < -0.4 is 15.5 Å². The lowest BCUT2D eigenvalue weighted by Gasteiger charge is -2.09. The number of carbonyl (C=O) groups excluding carboxylic acids is 3. The van der Waals surface area contributed by atoms with Crippen molar-refractivity contribution in [2.45, 2.75) is 18.9 Å². The Morgan fingerprint density at radius 1 is 1.27 bits per heavy atom. The first-order valence-electron chi connectivity index (χ1n) is 8.11. The number of nitrogens with one attached hydrogen (secondary N) is 2. The Hall–Kier alpha value is -2.94. The first-order chi connectivity index (χ1) is 12.6. The Labute approximate surface area is 150 Å². The highest BCUT2D eigenvalue weighted by Crippen LogP contribution is 2.11. The highest BCUT2D eigenvalue weighted by Gasteiger charge is 2.18. The molecule has 1 aromatic rings. The van der Waals surface area contributed by atoms with Crippen LogP contribution in [-0.2, 0) is 23.9 Å². The summed E-state index contributed by atoms with van der Waals surface area (Å²) in [5.74, 6) is -1.59. The second-order valence-electron chi connectivity index (χ2n) is 5.48. The van der Waals surface area contributed by atoms with E-state index in [-0.39, 0.29) is 12.7 Å². The van der Waals surface area contributed by atoms with Crippen molar-refractivity contribution in [1.82, 2.24) is 10.7 Å². The Balaban J connectivity index is 1.71. The number of amides is 2. The van der Waals surface area contributed by atoms with E-state index in [4.69, 9.17) is 9.47 Å². The van der Waals surface area contributed by atoms with Gasteiger partial charge in [-0.1, -0.05) is 0 Å². The van der Waals surface area contributed by atoms with Crippen molar-refractivity contribution in [2.75, 3.05) is 26.9 Å². The summed E-state index contributed by atoms with van der Waals surface area (Å²) in [5.41, 5.74) is 2.83. The van der Waals surface area contributed by atoms with Crippen LogP contribution in [0.1, 0.15) is 18.4 Å². The molecule has 0 radical (unpaired) electrons. The van der Waals surface area contributed by atoms with E-state index >= 15 is 0 Å². The van der Waals surface area contributed by atoms with Gasteiger partial charge in [0.2, 0.25) is 0 Å². The first-order valence-corrected chi connectivity index (χ1v) is 8.11. The zero-order valence-electron chi connectivity index (χ0n) is 14.4. The van der Waals surface area contributed by atoms with E-state index in [1.165, 1.54) is 13.3 Å². The number of methoxy groups -OCH3 is 1. The van der Waals surface area contributed by atoms with E-state index in [9.17, 15) is 14.4 Å². The molecule has 2 amide bonds. The minimum atomic E-state index is -0.850. The predicted octanol–water partition coefficient (Wildman–Crippen LogP) is -0.0163. The van der Waals surface area contributed by atoms with Crippen molar-refractivity contribution in [2.24, 2.45) is 5.10 Å². The number of hydrazone groups is 1. The van der Waals surface area contributed by atoms with Crippen LogP contribution >= 0.6 is 0 Å². The molecule has 1 aliphatic heterocycles. The van der Waals surface area contributed by atoms with Crippen LogP contribution in [0.15, 0.2) is 29.4 Å². The number of nitrogens with zero attached hydrogens (tertiary/aromatic N) is 1. The van der Waals surface area contributed by atoms with Crippen LogP contribution in [0.5, 0.6) is 5.75 Å². The highest BCUT2D eigenvalue weighted by molar-refractivity contribution is 6.35. The molecular formula is C17H21N3O6. The van der Waals surface area contributed by atoms with Gasteiger partial charge in [0.25, 0.3) is 0 Å². The number of ether oxygens (including phenoxy) is 3. The standard InChI is InChI=1S/C17H21N3O6/c1-24-15(21)11-26-13-6-4-12(5-7-13)9-19-20-17(23)16(22)18-10-14-3-2-8-25-14/h4-7,9,14H,2-3,8,10-11H2,1H3,(H,18,22)(H,20,23)/b19-9-/t14-/m1/s1. The molecule has 2 rings (SSSR count). The molecule has 0 saturated carbocycles. The van der Waals surface area contributed by atoms with E-state index in [0.717, 1.165) is 12.8 Å². The number of carbonyl (C=O) groups is 3. The summed E-state index contributed by atoms with van der Waals surface area (Å²) in [4.78, 5) is 34.2. The van der Waals surface area contributed by atoms with Crippen LogP contribution in [0.2, 0.25) is 0 Å². The molecule has 0 aliphatic carbocycles. The van der Waals surface area contributed by atoms with E-state index in [1.807, 2.05) is 0 Å². The van der Waals surface area contributed by atoms with Crippen LogP contribution in [0.3, 0.4) is 0 Å². The Morgan fingerprint density at radius 3 is 2.69 bits per heavy atom. The summed E-state index contributed by atoms with van der Waals surface area (Å²) in [6, 6.07) is 6.64. The van der Waals surface area contributed by atoms with Gasteiger partial charge in [-0.05, 0) is 42.7 Å². The molecule has 1 fully saturated rings. The molecule has 0 unspecified atom stereocenters. The number of benzene rings is 1. The summed E-state index contributed by atoms with van der Waals surface area (Å²) in [7, 11) is 1.28. The molecule has 0 bridgehead atoms. The van der Waals surface area contributed by atoms with E-state index < -0.39 is 17.8 Å². The zero-order chi connectivity index (χ0) is 18.8. The van der Waals surface area contributed by atoms with Crippen LogP contribution in [0.25, 0.3) is 0 Å². The molecule has 9 heteroatoms. The largest absolute Gasteiger partial charge is 0.482 e. The van der Waals surface area contributed by atoms with Gasteiger partial charge in [-0.25, -0.2) is 10.2 Å². The van der Waals surface area contributed by atoms with Crippen LogP contribution in [0.4, 0.5) is 0 Å². The fourth-order valence-corrected chi connectivity index (χ4v) is 2.16. The van der Waals surface area contributed by atoms with E-state index in [2.05, 4.69) is 20.6 Å². The topological polar surface area (TPSA) is 115 Å². The van der Waals surface area contributed by atoms with Gasteiger partial charge in [0, 0.05) is 13.2 Å². The van der Waals surface area contributed by atoms with Crippen LogP contribution in [-0.4, -0.2) is 57.0 Å². The number of hydrogen-bond acceptors (Lipinski definition) is 7. The third-order valence-electron chi connectivity index (χ3n) is 3.56. The molecule has 1 atom stereocenters. The fraction of sp³-hybridized carbons (Fsp3) is 0.412. The molecule has 2 N–H and O–H groups in total. The van der Waals surface area contributed by atoms with E-state index in [0.29, 0.717) is 24.5 Å². The molecule has 140 valence electrons. The molecule has 0 aromatic heterocycles. The second kappa shape index (κ2) is 10.1. The maximum absolute atomic E-state index is 11.6. The first kappa shape index (κ1) is 19.4. The minimum Gasteiger partial charge on any atom is -0.482 e. The van der Waals surface area contributed by atoms with Crippen molar-refractivity contribution >= 4 is 24.0 Å². The van der Waals surface area contributed by atoms with Crippen LogP contribution in [0, 0.1) is 0 Å². The van der Waals surface area contributed by atoms with Crippen molar-refractivity contribution in [3.63, 3.8) is 0 Å².